The second-order valence-corrected chi connectivity index (χ2v) is 4.88. The number of hydrogen-bond donors (Lipinski definition) is 4. The highest BCUT2D eigenvalue weighted by molar-refractivity contribution is 9.10. The summed E-state index contributed by atoms with van der Waals surface area (Å²) < 4.78 is 0.950. The van der Waals surface area contributed by atoms with Crippen LogP contribution in [0.15, 0.2) is 28.9 Å². The topological polar surface area (TPSA) is 106 Å². The molecule has 2 aromatic rings. The fraction of sp³-hybridized carbons (Fsp3) is 0.167. The molecular formula is C12H14BrN5O. The van der Waals surface area contributed by atoms with E-state index in [-0.39, 0.29) is 0 Å². The minimum Gasteiger partial charge on any atom is -0.396 e. The van der Waals surface area contributed by atoms with Crippen LogP contribution in [0.1, 0.15) is 0 Å². The number of nitrogens with zero attached hydrogens (tertiary/aromatic N) is 1. The number of carbonyl (C=O) groups is 1. The van der Waals surface area contributed by atoms with Crippen LogP contribution < -0.4 is 22.1 Å². The summed E-state index contributed by atoms with van der Waals surface area (Å²) in [5.74, 6) is 0. The number of amides is 2. The Morgan fingerprint density at radius 1 is 1.37 bits per heavy atom. The summed E-state index contributed by atoms with van der Waals surface area (Å²) in [5, 5.41) is 6.61. The van der Waals surface area contributed by atoms with Gasteiger partial charge in [0.15, 0.2) is 0 Å². The Morgan fingerprint density at radius 3 is 2.89 bits per heavy atom. The maximum atomic E-state index is 10.6. The van der Waals surface area contributed by atoms with Crippen molar-refractivity contribution < 1.29 is 4.79 Å². The van der Waals surface area contributed by atoms with Gasteiger partial charge in [-0.1, -0.05) is 15.9 Å². The maximum Gasteiger partial charge on any atom is 0.312 e. The Labute approximate surface area is 118 Å². The van der Waals surface area contributed by atoms with Crippen LogP contribution in [0, 0.1) is 0 Å². The van der Waals surface area contributed by atoms with Crippen molar-refractivity contribution in [3.05, 3.63) is 28.9 Å². The molecule has 0 unspecified atom stereocenters. The Hall–Kier alpha value is -2.02. The molecule has 0 atom stereocenters. The van der Waals surface area contributed by atoms with Crippen molar-refractivity contribution in [3.8, 4) is 0 Å². The summed E-state index contributed by atoms with van der Waals surface area (Å²) in [7, 11) is 0. The van der Waals surface area contributed by atoms with Crippen molar-refractivity contribution in [3.63, 3.8) is 0 Å². The summed E-state index contributed by atoms with van der Waals surface area (Å²) >= 11 is 3.42. The quantitative estimate of drug-likeness (QED) is 0.642. The number of carbonyl (C=O) groups excluding carboxylic acids is 1. The minimum absolute atomic E-state index is 0.423. The predicted octanol–water partition coefficient (Wildman–Crippen LogP) is 1.66. The zero-order valence-electron chi connectivity index (χ0n) is 10.1. The van der Waals surface area contributed by atoms with Crippen molar-refractivity contribution in [2.75, 3.05) is 24.1 Å². The summed E-state index contributed by atoms with van der Waals surface area (Å²) in [6.07, 6.45) is 1.61. The van der Waals surface area contributed by atoms with E-state index in [0.29, 0.717) is 18.8 Å². The third kappa shape index (κ3) is 3.25. The normalized spacial score (nSPS) is 10.4. The number of fused-ring (bicyclic) bond motifs is 1. The summed E-state index contributed by atoms with van der Waals surface area (Å²) in [5.41, 5.74) is 13.1. The number of halogens is 1. The number of nitrogen functional groups attached to an aromatic ring is 1. The van der Waals surface area contributed by atoms with E-state index >= 15 is 0 Å². The molecule has 0 saturated heterocycles. The van der Waals surface area contributed by atoms with E-state index in [2.05, 4.69) is 31.5 Å². The molecule has 0 fully saturated rings. The minimum atomic E-state index is -0.544. The van der Waals surface area contributed by atoms with Gasteiger partial charge in [-0.05, 0) is 18.2 Å². The predicted molar refractivity (Wildman–Crippen MR) is 79.9 cm³/mol. The smallest absolute Gasteiger partial charge is 0.312 e. The molecule has 0 saturated carbocycles. The Morgan fingerprint density at radius 2 is 2.16 bits per heavy atom. The van der Waals surface area contributed by atoms with E-state index in [4.69, 9.17) is 11.5 Å². The SMILES string of the molecule is NC(=O)NCCNc1c(N)cnc2ccc(Br)cc12. The number of benzene rings is 1. The van der Waals surface area contributed by atoms with Crippen molar-refractivity contribution in [2.45, 2.75) is 0 Å². The number of nitrogens with two attached hydrogens (primary N) is 2. The van der Waals surface area contributed by atoms with Gasteiger partial charge in [-0.25, -0.2) is 4.79 Å². The summed E-state index contributed by atoms with van der Waals surface area (Å²) in [4.78, 5) is 14.8. The van der Waals surface area contributed by atoms with Gasteiger partial charge in [-0.3, -0.25) is 4.98 Å². The number of pyridine rings is 1. The zero-order valence-corrected chi connectivity index (χ0v) is 11.7. The van der Waals surface area contributed by atoms with Crippen LogP contribution in [-0.2, 0) is 0 Å². The van der Waals surface area contributed by atoms with Crippen LogP contribution in [0.4, 0.5) is 16.2 Å². The van der Waals surface area contributed by atoms with Crippen LogP contribution in [0.5, 0.6) is 0 Å². The number of urea groups is 1. The van der Waals surface area contributed by atoms with E-state index in [1.807, 2.05) is 18.2 Å². The molecule has 6 N–H and O–H groups in total. The van der Waals surface area contributed by atoms with Crippen LogP contribution in [0.2, 0.25) is 0 Å². The van der Waals surface area contributed by atoms with Crippen LogP contribution in [-0.4, -0.2) is 24.1 Å². The van der Waals surface area contributed by atoms with Gasteiger partial charge in [0.1, 0.15) is 0 Å². The van der Waals surface area contributed by atoms with Gasteiger partial charge in [-0.15, -0.1) is 0 Å². The highest BCUT2D eigenvalue weighted by Gasteiger charge is 2.06. The van der Waals surface area contributed by atoms with Gasteiger partial charge in [0, 0.05) is 22.9 Å². The van der Waals surface area contributed by atoms with E-state index < -0.39 is 6.03 Å². The van der Waals surface area contributed by atoms with Crippen LogP contribution in [0.3, 0.4) is 0 Å². The third-order valence-corrected chi connectivity index (χ3v) is 3.08. The largest absolute Gasteiger partial charge is 0.396 e. The third-order valence-electron chi connectivity index (χ3n) is 2.59. The molecule has 1 heterocycles. The van der Waals surface area contributed by atoms with Crippen molar-refractivity contribution in [2.24, 2.45) is 5.73 Å². The lowest BCUT2D eigenvalue weighted by Gasteiger charge is -2.12. The molecule has 2 amide bonds. The van der Waals surface area contributed by atoms with Crippen molar-refractivity contribution >= 4 is 44.2 Å². The van der Waals surface area contributed by atoms with E-state index in [1.165, 1.54) is 0 Å². The first-order valence-electron chi connectivity index (χ1n) is 5.69. The van der Waals surface area contributed by atoms with Crippen molar-refractivity contribution in [1.29, 1.82) is 0 Å². The molecule has 0 bridgehead atoms. The lowest BCUT2D eigenvalue weighted by molar-refractivity contribution is 0.249. The summed E-state index contributed by atoms with van der Waals surface area (Å²) in [6, 6.07) is 5.23. The number of hydrogen-bond acceptors (Lipinski definition) is 4. The van der Waals surface area contributed by atoms with E-state index in [0.717, 1.165) is 21.1 Å². The molecule has 0 aliphatic carbocycles. The number of anilines is 2. The standard InChI is InChI=1S/C12H14BrN5O/c13-7-1-2-10-8(5-7)11(9(14)6-18-10)16-3-4-17-12(15)19/h1-2,5-6H,3-4,14H2,(H,16,18)(H3,15,17,19). The first-order chi connectivity index (χ1) is 9.08. The molecule has 0 aliphatic heterocycles. The zero-order chi connectivity index (χ0) is 13.8. The van der Waals surface area contributed by atoms with Gasteiger partial charge in [0.25, 0.3) is 0 Å². The average Bonchev–Trinajstić information content (AvgIpc) is 2.36. The van der Waals surface area contributed by atoms with E-state index in [1.54, 1.807) is 6.20 Å². The molecule has 100 valence electrons. The summed E-state index contributed by atoms with van der Waals surface area (Å²) in [6.45, 7) is 0.950. The van der Waals surface area contributed by atoms with Crippen molar-refractivity contribution in [1.82, 2.24) is 10.3 Å². The molecule has 0 aliphatic rings. The molecular weight excluding hydrogens is 310 g/mol. The Kier molecular flexibility index (Phi) is 4.06. The van der Waals surface area contributed by atoms with Crippen LogP contribution in [0.25, 0.3) is 10.9 Å². The first kappa shape index (κ1) is 13.4. The molecule has 1 aromatic carbocycles. The molecule has 19 heavy (non-hydrogen) atoms. The maximum absolute atomic E-state index is 10.6. The number of rotatable bonds is 4. The highest BCUT2D eigenvalue weighted by atomic mass is 79.9. The second-order valence-electron chi connectivity index (χ2n) is 3.97. The number of aromatic nitrogens is 1. The van der Waals surface area contributed by atoms with Gasteiger partial charge in [-0.2, -0.15) is 0 Å². The van der Waals surface area contributed by atoms with Gasteiger partial charge in [0.05, 0.1) is 23.1 Å². The molecule has 6 nitrogen and oxygen atoms in total. The number of nitrogens with one attached hydrogen (secondary N) is 2. The first-order valence-corrected chi connectivity index (χ1v) is 6.48. The van der Waals surface area contributed by atoms with Crippen LogP contribution >= 0.6 is 15.9 Å². The van der Waals surface area contributed by atoms with Gasteiger partial charge >= 0.3 is 6.03 Å². The highest BCUT2D eigenvalue weighted by Crippen LogP contribution is 2.29. The molecule has 2 rings (SSSR count). The van der Waals surface area contributed by atoms with Gasteiger partial charge < -0.3 is 22.1 Å². The lowest BCUT2D eigenvalue weighted by atomic mass is 10.1. The molecule has 7 heteroatoms. The van der Waals surface area contributed by atoms with Gasteiger partial charge in [0.2, 0.25) is 0 Å². The number of primary amides is 1. The fourth-order valence-corrected chi connectivity index (χ4v) is 2.11. The average molecular weight is 324 g/mol. The molecule has 1 aromatic heterocycles. The molecule has 0 radical (unpaired) electrons. The van der Waals surface area contributed by atoms with E-state index in [9.17, 15) is 4.79 Å². The Bertz CT molecular complexity index is 611. The molecule has 0 spiro atoms. The second kappa shape index (κ2) is 5.75. The Balaban J connectivity index is 2.23. The lowest BCUT2D eigenvalue weighted by Crippen LogP contribution is -2.33. The monoisotopic (exact) mass is 323 g/mol. The fourth-order valence-electron chi connectivity index (χ4n) is 1.75.